The summed E-state index contributed by atoms with van der Waals surface area (Å²) in [7, 11) is 0.0460. The maximum atomic E-state index is 9.55. The largest absolute Gasteiger partial charge is 0.493 e. The van der Waals surface area contributed by atoms with Crippen molar-refractivity contribution in [3.8, 4) is 11.8 Å². The summed E-state index contributed by atoms with van der Waals surface area (Å²) in [6.07, 6.45) is 0. The van der Waals surface area contributed by atoms with Crippen LogP contribution in [-0.4, -0.2) is 14.6 Å². The van der Waals surface area contributed by atoms with Crippen molar-refractivity contribution in [3.05, 3.63) is 24.3 Å². The Bertz CT molecular complexity index is 439. The normalized spacial score (nSPS) is 11.1. The van der Waals surface area contributed by atoms with Crippen molar-refractivity contribution in [3.63, 3.8) is 0 Å². The summed E-state index contributed by atoms with van der Waals surface area (Å²) in [6, 6.07) is 6.94. The van der Waals surface area contributed by atoms with E-state index in [9.17, 15) is 10.2 Å². The molecule has 0 saturated carbocycles. The van der Waals surface area contributed by atoms with Gasteiger partial charge in [0, 0.05) is 10.8 Å². The van der Waals surface area contributed by atoms with Gasteiger partial charge in [0.15, 0.2) is 0 Å². The molecule has 1 aromatic heterocycles. The number of benzene rings is 1. The number of nitrogens with zero attached hydrogens (tertiary/aromatic N) is 1. The van der Waals surface area contributed by atoms with Crippen molar-refractivity contribution >= 4 is 19.3 Å². The third-order valence-electron chi connectivity index (χ3n) is 1.91. The van der Waals surface area contributed by atoms with Crippen LogP contribution in [0.1, 0.15) is 0 Å². The van der Waals surface area contributed by atoms with E-state index in [2.05, 4.69) is 0 Å². The molecule has 66 valence electrons. The highest BCUT2D eigenvalue weighted by atomic mass is 31.1. The molecule has 2 rings (SSSR count). The molecular weight excluding hydrogens is 187 g/mol. The molecule has 1 heterocycles. The first-order valence-electron chi connectivity index (χ1n) is 3.65. The fourth-order valence-corrected chi connectivity index (χ4v) is 1.70. The molecule has 0 aliphatic carbocycles. The van der Waals surface area contributed by atoms with Crippen molar-refractivity contribution in [2.45, 2.75) is 0 Å². The van der Waals surface area contributed by atoms with E-state index in [1.54, 1.807) is 24.3 Å². The summed E-state index contributed by atoms with van der Waals surface area (Å²) in [4.78, 5) is 0. The smallest absolute Gasteiger partial charge is 0.211 e. The highest BCUT2D eigenvalue weighted by molar-refractivity contribution is 7.23. The van der Waals surface area contributed by atoms with Gasteiger partial charge in [-0.2, -0.15) is 0 Å². The fraction of sp³-hybridized carbons (Fsp3) is 0. The summed E-state index contributed by atoms with van der Waals surface area (Å²) >= 11 is 0. The molecule has 0 fully saturated rings. The van der Waals surface area contributed by atoms with Gasteiger partial charge in [0.25, 0.3) is 0 Å². The number of nitrogens with one attached hydrogen (secondary N) is 1. The highest BCUT2D eigenvalue weighted by Crippen LogP contribution is 2.38. The summed E-state index contributed by atoms with van der Waals surface area (Å²) in [5.41, 5.74) is 0. The van der Waals surface area contributed by atoms with Gasteiger partial charge in [-0.25, -0.2) is 4.34 Å². The average Bonchev–Trinajstić information content (AvgIpc) is 2.41. The maximum Gasteiger partial charge on any atom is 0.211 e. The van der Waals surface area contributed by atoms with Crippen LogP contribution in [0.4, 0.5) is 0 Å². The Hall–Kier alpha value is -1.54. The van der Waals surface area contributed by atoms with Crippen molar-refractivity contribution in [1.29, 1.82) is 5.16 Å². The summed E-state index contributed by atoms with van der Waals surface area (Å²) < 4.78 is 1.12. The van der Waals surface area contributed by atoms with Gasteiger partial charge in [-0.15, -0.1) is 0 Å². The zero-order valence-electron chi connectivity index (χ0n) is 6.60. The molecule has 0 radical (unpaired) electrons. The molecule has 0 amide bonds. The number of rotatable bonds is 1. The topological polar surface area (TPSA) is 69.2 Å². The molecule has 1 aromatic carbocycles. The number of hydrogen-bond acceptors (Lipinski definition) is 3. The Labute approximate surface area is 75.8 Å². The molecule has 0 unspecified atom stereocenters. The molecule has 0 spiro atoms. The molecule has 5 heteroatoms. The fourth-order valence-electron chi connectivity index (χ4n) is 1.30. The van der Waals surface area contributed by atoms with E-state index in [4.69, 9.17) is 5.16 Å². The first-order valence-corrected chi connectivity index (χ1v) is 4.49. The Morgan fingerprint density at radius 2 is 1.54 bits per heavy atom. The summed E-state index contributed by atoms with van der Waals surface area (Å²) in [6.45, 7) is 0. The zero-order chi connectivity index (χ0) is 9.42. The Morgan fingerprint density at radius 1 is 1.08 bits per heavy atom. The minimum atomic E-state index is -0.0650. The van der Waals surface area contributed by atoms with Gasteiger partial charge in [-0.1, -0.05) is 12.1 Å². The van der Waals surface area contributed by atoms with Crippen LogP contribution in [0.15, 0.2) is 24.3 Å². The van der Waals surface area contributed by atoms with E-state index in [-0.39, 0.29) is 20.3 Å². The molecule has 4 nitrogen and oxygen atoms in total. The Kier molecular flexibility index (Phi) is 1.71. The van der Waals surface area contributed by atoms with Crippen LogP contribution in [0.25, 0.3) is 10.8 Å². The van der Waals surface area contributed by atoms with E-state index in [0.717, 1.165) is 4.34 Å². The van der Waals surface area contributed by atoms with Crippen LogP contribution in [-0.2, 0) is 0 Å². The Morgan fingerprint density at radius 3 is 1.92 bits per heavy atom. The van der Waals surface area contributed by atoms with Gasteiger partial charge in [0.2, 0.25) is 11.8 Å². The van der Waals surface area contributed by atoms with Crippen molar-refractivity contribution < 1.29 is 10.2 Å². The summed E-state index contributed by atoms with van der Waals surface area (Å²) in [5, 5.41) is 27.3. The lowest BCUT2D eigenvalue weighted by Gasteiger charge is -1.93. The predicted molar refractivity (Wildman–Crippen MR) is 50.3 cm³/mol. The lowest BCUT2D eigenvalue weighted by Crippen LogP contribution is -1.75. The minimum absolute atomic E-state index is 0.0460. The van der Waals surface area contributed by atoms with Crippen LogP contribution in [0, 0.1) is 5.16 Å². The quantitative estimate of drug-likeness (QED) is 0.610. The van der Waals surface area contributed by atoms with E-state index in [1.807, 2.05) is 0 Å². The van der Waals surface area contributed by atoms with Gasteiger partial charge in [0.05, 0.1) is 0 Å². The lowest BCUT2D eigenvalue weighted by molar-refractivity contribution is 0.419. The standard InChI is InChI=1S/C8H7N2O2P/c9-13-10-7(11)5-3-1-2-4-6(5)8(10)12/h1-4,9,11-12H. The number of fused-ring (bicyclic) bond motifs is 1. The molecule has 13 heavy (non-hydrogen) atoms. The predicted octanol–water partition coefficient (Wildman–Crippen LogP) is 2.52. The first-order chi connectivity index (χ1) is 6.25. The number of hydrogen-bond donors (Lipinski definition) is 3. The van der Waals surface area contributed by atoms with Gasteiger partial charge < -0.3 is 10.2 Å². The summed E-state index contributed by atoms with van der Waals surface area (Å²) in [5.74, 6) is -0.130. The molecular formula is C8H7N2O2P. The zero-order valence-corrected chi connectivity index (χ0v) is 7.49. The Balaban J connectivity index is 2.96. The van der Waals surface area contributed by atoms with Crippen LogP contribution in [0.2, 0.25) is 0 Å². The molecule has 2 aromatic rings. The molecule has 0 atom stereocenters. The van der Waals surface area contributed by atoms with Crippen LogP contribution >= 0.6 is 8.52 Å². The highest BCUT2D eigenvalue weighted by Gasteiger charge is 2.13. The molecule has 0 aliphatic rings. The van der Waals surface area contributed by atoms with Crippen LogP contribution in [0.5, 0.6) is 11.8 Å². The number of aromatic hydroxyl groups is 2. The molecule has 0 bridgehead atoms. The van der Waals surface area contributed by atoms with Gasteiger partial charge in [0.1, 0.15) is 8.52 Å². The average molecular weight is 194 g/mol. The van der Waals surface area contributed by atoms with Gasteiger partial charge >= 0.3 is 0 Å². The van der Waals surface area contributed by atoms with Gasteiger partial charge in [-0.05, 0) is 12.1 Å². The second kappa shape index (κ2) is 2.75. The molecule has 3 N–H and O–H groups in total. The second-order valence-electron chi connectivity index (χ2n) is 2.60. The number of aromatic nitrogens is 1. The van der Waals surface area contributed by atoms with E-state index >= 15 is 0 Å². The van der Waals surface area contributed by atoms with E-state index in [0.29, 0.717) is 10.8 Å². The van der Waals surface area contributed by atoms with Crippen LogP contribution < -0.4 is 0 Å². The first kappa shape index (κ1) is 8.08. The molecule has 0 aliphatic heterocycles. The van der Waals surface area contributed by atoms with Crippen LogP contribution in [0.3, 0.4) is 0 Å². The monoisotopic (exact) mass is 194 g/mol. The van der Waals surface area contributed by atoms with Crippen molar-refractivity contribution in [1.82, 2.24) is 4.34 Å². The van der Waals surface area contributed by atoms with Crippen molar-refractivity contribution in [2.24, 2.45) is 0 Å². The van der Waals surface area contributed by atoms with E-state index in [1.165, 1.54) is 0 Å². The second-order valence-corrected chi connectivity index (χ2v) is 3.20. The third-order valence-corrected chi connectivity index (χ3v) is 2.49. The maximum absolute atomic E-state index is 9.55. The SMILES string of the molecule is N=Pn1c(O)c2ccccc2c1O. The van der Waals surface area contributed by atoms with Crippen molar-refractivity contribution in [2.75, 3.05) is 0 Å². The molecule has 0 saturated heterocycles. The lowest BCUT2D eigenvalue weighted by atomic mass is 10.2. The minimum Gasteiger partial charge on any atom is -0.493 e. The van der Waals surface area contributed by atoms with Gasteiger partial charge in [-0.3, -0.25) is 5.16 Å². The third kappa shape index (κ3) is 0.993. The van der Waals surface area contributed by atoms with E-state index < -0.39 is 0 Å².